The highest BCUT2D eigenvalue weighted by Crippen LogP contribution is 2.37. The molecule has 2 N–H and O–H groups in total. The Labute approximate surface area is 183 Å². The van der Waals surface area contributed by atoms with Gasteiger partial charge in [-0.1, -0.05) is 13.8 Å². The summed E-state index contributed by atoms with van der Waals surface area (Å²) >= 11 is 1.60. The van der Waals surface area contributed by atoms with E-state index in [1.807, 2.05) is 20.8 Å². The molecule has 3 rings (SSSR count). The lowest BCUT2D eigenvalue weighted by Crippen LogP contribution is -2.42. The van der Waals surface area contributed by atoms with Gasteiger partial charge in [-0.25, -0.2) is 4.79 Å². The first-order valence-electron chi connectivity index (χ1n) is 11.0. The van der Waals surface area contributed by atoms with Crippen LogP contribution in [0.3, 0.4) is 0 Å². The predicted molar refractivity (Wildman–Crippen MR) is 118 cm³/mol. The van der Waals surface area contributed by atoms with Crippen LogP contribution in [-0.2, 0) is 28.8 Å². The highest BCUT2D eigenvalue weighted by atomic mass is 32.1. The van der Waals surface area contributed by atoms with Gasteiger partial charge < -0.3 is 15.4 Å². The molecule has 0 aromatic carbocycles. The van der Waals surface area contributed by atoms with Gasteiger partial charge >= 0.3 is 6.09 Å². The number of ether oxygens (including phenoxy) is 1. The van der Waals surface area contributed by atoms with E-state index in [2.05, 4.69) is 24.5 Å². The van der Waals surface area contributed by atoms with Crippen molar-refractivity contribution >= 4 is 29.1 Å². The second-order valence-electron chi connectivity index (χ2n) is 9.91. The van der Waals surface area contributed by atoms with E-state index in [1.165, 1.54) is 4.88 Å². The number of Topliss-reactive ketones (excluding diaryl/α,β-unsaturated/α-hetero) is 1. The summed E-state index contributed by atoms with van der Waals surface area (Å²) in [4.78, 5) is 39.8. The first-order chi connectivity index (χ1) is 14.0. The largest absolute Gasteiger partial charge is 0.444 e. The molecule has 2 aliphatic carbocycles. The number of carbonyl (C=O) groups excluding carboxylic acids is 3. The van der Waals surface area contributed by atoms with Crippen LogP contribution >= 0.6 is 11.3 Å². The zero-order valence-electron chi connectivity index (χ0n) is 18.7. The number of hydrogen-bond acceptors (Lipinski definition) is 5. The minimum atomic E-state index is -0.551. The summed E-state index contributed by atoms with van der Waals surface area (Å²) in [6, 6.07) is -0.0782. The number of thiophene rings is 1. The average molecular weight is 435 g/mol. The van der Waals surface area contributed by atoms with Crippen molar-refractivity contribution in [2.45, 2.75) is 84.8 Å². The summed E-state index contributed by atoms with van der Waals surface area (Å²) in [5.41, 5.74) is 1.11. The lowest BCUT2D eigenvalue weighted by Gasteiger charge is -2.26. The van der Waals surface area contributed by atoms with Crippen molar-refractivity contribution in [3.63, 3.8) is 0 Å². The fraction of sp³-hybridized carbons (Fsp3) is 0.696. The summed E-state index contributed by atoms with van der Waals surface area (Å²) in [5.74, 6) is 0.673. The molecule has 30 heavy (non-hydrogen) atoms. The molecule has 0 saturated heterocycles. The summed E-state index contributed by atoms with van der Waals surface area (Å²) in [6.07, 6.45) is 4.05. The van der Waals surface area contributed by atoms with Gasteiger partial charge in [0.2, 0.25) is 0 Å². The van der Waals surface area contributed by atoms with E-state index in [9.17, 15) is 14.4 Å². The minimum absolute atomic E-state index is 0.0782. The highest BCUT2D eigenvalue weighted by molar-refractivity contribution is 7.12. The van der Waals surface area contributed by atoms with E-state index in [4.69, 9.17) is 4.74 Å². The second kappa shape index (κ2) is 9.08. The molecule has 2 aliphatic rings. The van der Waals surface area contributed by atoms with Gasteiger partial charge in [-0.3, -0.25) is 9.59 Å². The monoisotopic (exact) mass is 434 g/mol. The van der Waals surface area contributed by atoms with Crippen LogP contribution in [-0.4, -0.2) is 36.0 Å². The molecule has 0 spiro atoms. The fourth-order valence-electron chi connectivity index (χ4n) is 3.72. The van der Waals surface area contributed by atoms with Crippen LogP contribution in [0, 0.1) is 11.8 Å². The number of nitrogens with one attached hydrogen (secondary N) is 2. The maximum atomic E-state index is 13.1. The van der Waals surface area contributed by atoms with Crippen molar-refractivity contribution in [2.75, 3.05) is 6.54 Å². The molecule has 0 radical (unpaired) electrons. The van der Waals surface area contributed by atoms with E-state index in [0.29, 0.717) is 30.9 Å². The minimum Gasteiger partial charge on any atom is -0.444 e. The Kier molecular flexibility index (Phi) is 6.90. The number of alkyl carbamates (subject to hydrolysis) is 1. The number of ketones is 1. The molecule has 0 bridgehead atoms. The van der Waals surface area contributed by atoms with Gasteiger partial charge in [0, 0.05) is 34.7 Å². The van der Waals surface area contributed by atoms with Gasteiger partial charge in [-0.05, 0) is 64.4 Å². The molecule has 7 heteroatoms. The second-order valence-corrected chi connectivity index (χ2v) is 11.1. The van der Waals surface area contributed by atoms with Crippen LogP contribution < -0.4 is 10.6 Å². The van der Waals surface area contributed by atoms with E-state index in [-0.39, 0.29) is 23.7 Å². The third-order valence-corrected chi connectivity index (χ3v) is 6.61. The molecule has 1 fully saturated rings. The Morgan fingerprint density at radius 2 is 1.87 bits per heavy atom. The summed E-state index contributed by atoms with van der Waals surface area (Å²) < 4.78 is 5.39. The van der Waals surface area contributed by atoms with E-state index >= 15 is 0 Å². The molecule has 1 atom stereocenters. The molecule has 1 heterocycles. The normalized spacial score (nSPS) is 18.7. The molecule has 166 valence electrons. The molecular formula is C23H34N2O4S. The lowest BCUT2D eigenvalue weighted by atomic mass is 9.90. The van der Waals surface area contributed by atoms with Crippen LogP contribution in [0.1, 0.15) is 79.6 Å². The van der Waals surface area contributed by atoms with Gasteiger partial charge in [0.25, 0.3) is 5.91 Å². The van der Waals surface area contributed by atoms with E-state index in [1.54, 1.807) is 11.3 Å². The molecule has 1 aromatic heterocycles. The number of aryl methyl sites for hydroxylation is 1. The van der Waals surface area contributed by atoms with Crippen molar-refractivity contribution in [2.24, 2.45) is 11.8 Å². The zero-order chi connectivity index (χ0) is 22.1. The molecule has 1 unspecified atom stereocenters. The first-order valence-corrected chi connectivity index (χ1v) is 11.8. The molecule has 6 nitrogen and oxygen atoms in total. The number of fused-ring (bicyclic) bond motifs is 1. The van der Waals surface area contributed by atoms with Crippen LogP contribution in [0.15, 0.2) is 0 Å². The Hall–Kier alpha value is -1.89. The van der Waals surface area contributed by atoms with Crippen molar-refractivity contribution in [1.82, 2.24) is 10.6 Å². The molecule has 1 aromatic rings. The maximum absolute atomic E-state index is 13.1. The quantitative estimate of drug-likeness (QED) is 0.678. The number of rotatable bonds is 7. The zero-order valence-corrected chi connectivity index (χ0v) is 19.5. The third-order valence-electron chi connectivity index (χ3n) is 5.32. The maximum Gasteiger partial charge on any atom is 0.407 e. The lowest BCUT2D eigenvalue weighted by molar-refractivity contribution is -0.119. The Bertz CT molecular complexity index is 818. The Morgan fingerprint density at radius 3 is 2.47 bits per heavy atom. The van der Waals surface area contributed by atoms with Crippen molar-refractivity contribution in [3.05, 3.63) is 20.9 Å². The summed E-state index contributed by atoms with van der Waals surface area (Å²) in [7, 11) is 0. The average Bonchev–Trinajstić information content (AvgIpc) is 3.40. The van der Waals surface area contributed by atoms with E-state index in [0.717, 1.165) is 36.1 Å². The van der Waals surface area contributed by atoms with Gasteiger partial charge in [-0.15, -0.1) is 11.3 Å². The highest BCUT2D eigenvalue weighted by Gasteiger charge is 2.34. The van der Waals surface area contributed by atoms with Crippen molar-refractivity contribution in [3.8, 4) is 0 Å². The Morgan fingerprint density at radius 1 is 1.17 bits per heavy atom. The summed E-state index contributed by atoms with van der Waals surface area (Å²) in [5, 5.41) is 5.98. The van der Waals surface area contributed by atoms with Crippen LogP contribution in [0.25, 0.3) is 0 Å². The molecule has 2 amide bonds. The number of amides is 2. The topological polar surface area (TPSA) is 84.5 Å². The fourth-order valence-corrected chi connectivity index (χ4v) is 5.08. The van der Waals surface area contributed by atoms with Gasteiger partial charge in [0.1, 0.15) is 11.4 Å². The Balaban J connectivity index is 1.79. The first kappa shape index (κ1) is 22.8. The standard InChI is InChI=1S/C23H34N2O4S/c1-13(2)12-24-21(27)20-16-10-15(25-22(28)29-23(3,4)5)8-9-18(16)30-19(20)11-17(26)14-6-7-14/h13-15H,6-12H2,1-5H3,(H,24,27)(H,25,28). The van der Waals surface area contributed by atoms with Crippen LogP contribution in [0.2, 0.25) is 0 Å². The van der Waals surface area contributed by atoms with Crippen molar-refractivity contribution in [1.29, 1.82) is 0 Å². The third kappa shape index (κ3) is 6.06. The van der Waals surface area contributed by atoms with Crippen LogP contribution in [0.5, 0.6) is 0 Å². The molecular weight excluding hydrogens is 400 g/mol. The molecule has 0 aliphatic heterocycles. The number of hydrogen-bond donors (Lipinski definition) is 2. The van der Waals surface area contributed by atoms with Gasteiger partial charge in [0.05, 0.1) is 5.56 Å². The van der Waals surface area contributed by atoms with E-state index < -0.39 is 11.7 Å². The smallest absolute Gasteiger partial charge is 0.407 e. The summed E-state index contributed by atoms with van der Waals surface area (Å²) in [6.45, 7) is 10.2. The van der Waals surface area contributed by atoms with Gasteiger partial charge in [-0.2, -0.15) is 0 Å². The van der Waals surface area contributed by atoms with Gasteiger partial charge in [0.15, 0.2) is 0 Å². The van der Waals surface area contributed by atoms with Crippen molar-refractivity contribution < 1.29 is 19.1 Å². The predicted octanol–water partition coefficient (Wildman–Crippen LogP) is 4.04. The van der Waals surface area contributed by atoms with Crippen LogP contribution in [0.4, 0.5) is 4.79 Å². The number of carbonyl (C=O) groups is 3. The molecule has 1 saturated carbocycles. The SMILES string of the molecule is CC(C)CNC(=O)c1c(CC(=O)C2CC2)sc2c1CC(NC(=O)OC(C)(C)C)CC2.